The normalized spacial score (nSPS) is 11.2. The lowest BCUT2D eigenvalue weighted by atomic mass is 10.1. The summed E-state index contributed by atoms with van der Waals surface area (Å²) in [6.07, 6.45) is 0.816. The second kappa shape index (κ2) is 10.9. The van der Waals surface area contributed by atoms with E-state index in [1.807, 2.05) is 30.3 Å². The van der Waals surface area contributed by atoms with Crippen molar-refractivity contribution in [3.05, 3.63) is 69.2 Å². The Morgan fingerprint density at radius 2 is 1.93 bits per heavy atom. The van der Waals surface area contributed by atoms with E-state index in [1.165, 1.54) is 11.1 Å². The van der Waals surface area contributed by atoms with Crippen molar-refractivity contribution in [2.45, 2.75) is 26.8 Å². The second-order valence-electron chi connectivity index (χ2n) is 6.84. The number of halogens is 1. The van der Waals surface area contributed by atoms with Gasteiger partial charge in [0.1, 0.15) is 0 Å². The summed E-state index contributed by atoms with van der Waals surface area (Å²) in [7, 11) is 3.53. The van der Waals surface area contributed by atoms with E-state index in [9.17, 15) is 4.79 Å². The third kappa shape index (κ3) is 6.68. The molecule has 0 saturated heterocycles. The summed E-state index contributed by atoms with van der Waals surface area (Å²) in [5.74, 6) is 0.819. The van der Waals surface area contributed by atoms with E-state index in [0.29, 0.717) is 12.1 Å². The summed E-state index contributed by atoms with van der Waals surface area (Å²) in [4.78, 5) is 18.4. The monoisotopic (exact) mass is 444 g/mol. The van der Waals surface area contributed by atoms with Crippen molar-refractivity contribution in [2.24, 2.45) is 4.99 Å². The Labute approximate surface area is 176 Å². The minimum Gasteiger partial charge on any atom is -0.357 e. The average molecular weight is 445 g/mol. The van der Waals surface area contributed by atoms with Gasteiger partial charge in [-0.25, -0.2) is 4.99 Å². The maximum atomic E-state index is 12.1. The van der Waals surface area contributed by atoms with Gasteiger partial charge < -0.3 is 15.5 Å². The van der Waals surface area contributed by atoms with Crippen LogP contribution >= 0.6 is 15.9 Å². The summed E-state index contributed by atoms with van der Waals surface area (Å²) in [6, 6.07) is 14.0. The molecular weight excluding hydrogens is 416 g/mol. The van der Waals surface area contributed by atoms with Gasteiger partial charge in [0, 0.05) is 37.2 Å². The molecule has 0 fully saturated rings. The number of aryl methyl sites for hydroxylation is 1. The molecule has 1 amide bonds. The van der Waals surface area contributed by atoms with Crippen LogP contribution in [0.1, 0.15) is 34.0 Å². The Hall–Kier alpha value is -2.34. The summed E-state index contributed by atoms with van der Waals surface area (Å²) in [5, 5.41) is 6.66. The number of hydrogen-bond acceptors (Lipinski definition) is 2. The van der Waals surface area contributed by atoms with Crippen molar-refractivity contribution >= 4 is 27.8 Å². The van der Waals surface area contributed by atoms with E-state index in [2.05, 4.69) is 52.5 Å². The van der Waals surface area contributed by atoms with Gasteiger partial charge in [0.2, 0.25) is 0 Å². The molecule has 0 bridgehead atoms. The average Bonchev–Trinajstić information content (AvgIpc) is 2.66. The second-order valence-corrected chi connectivity index (χ2v) is 7.76. The van der Waals surface area contributed by atoms with Gasteiger partial charge in [-0.15, -0.1) is 0 Å². The first kappa shape index (κ1) is 22.0. The van der Waals surface area contributed by atoms with E-state index in [1.54, 1.807) is 19.0 Å². The minimum atomic E-state index is 0.0228. The first-order valence-electron chi connectivity index (χ1n) is 9.48. The molecular formula is C22H29BrN4O. The molecule has 0 aliphatic rings. The van der Waals surface area contributed by atoms with Crippen LogP contribution in [-0.4, -0.2) is 44.0 Å². The molecule has 0 atom stereocenters. The van der Waals surface area contributed by atoms with Crippen LogP contribution in [0.5, 0.6) is 0 Å². The Bertz CT molecular complexity index is 833. The Morgan fingerprint density at radius 3 is 2.61 bits per heavy atom. The van der Waals surface area contributed by atoms with E-state index >= 15 is 0 Å². The first-order chi connectivity index (χ1) is 13.4. The van der Waals surface area contributed by atoms with Crippen LogP contribution in [-0.2, 0) is 13.0 Å². The van der Waals surface area contributed by atoms with Gasteiger partial charge >= 0.3 is 0 Å². The minimum absolute atomic E-state index is 0.0228. The highest BCUT2D eigenvalue weighted by atomic mass is 79.9. The maximum Gasteiger partial charge on any atom is 0.253 e. The SMILES string of the molecule is CCNC(=NCc1ccc(Br)cc1C)NCCc1cccc(C(=O)N(C)C)c1. The molecule has 0 aliphatic heterocycles. The molecule has 2 rings (SSSR count). The van der Waals surface area contributed by atoms with Gasteiger partial charge in [0.15, 0.2) is 5.96 Å². The summed E-state index contributed by atoms with van der Waals surface area (Å²) >= 11 is 3.50. The molecule has 0 saturated carbocycles. The third-order valence-electron chi connectivity index (χ3n) is 4.34. The fourth-order valence-electron chi connectivity index (χ4n) is 2.79. The Balaban J connectivity index is 1.96. The van der Waals surface area contributed by atoms with Crippen molar-refractivity contribution in [3.63, 3.8) is 0 Å². The smallest absolute Gasteiger partial charge is 0.253 e. The maximum absolute atomic E-state index is 12.1. The molecule has 5 nitrogen and oxygen atoms in total. The highest BCUT2D eigenvalue weighted by Gasteiger charge is 2.08. The van der Waals surface area contributed by atoms with Crippen molar-refractivity contribution in [1.82, 2.24) is 15.5 Å². The number of hydrogen-bond donors (Lipinski definition) is 2. The fourth-order valence-corrected chi connectivity index (χ4v) is 3.26. The van der Waals surface area contributed by atoms with Crippen molar-refractivity contribution in [2.75, 3.05) is 27.2 Å². The van der Waals surface area contributed by atoms with Gasteiger partial charge in [-0.2, -0.15) is 0 Å². The number of carbonyl (C=O) groups is 1. The fraction of sp³-hybridized carbons (Fsp3) is 0.364. The molecule has 0 unspecified atom stereocenters. The van der Waals surface area contributed by atoms with Gasteiger partial charge in [-0.1, -0.05) is 34.1 Å². The van der Waals surface area contributed by atoms with Crippen LogP contribution < -0.4 is 10.6 Å². The van der Waals surface area contributed by atoms with Crippen LogP contribution in [0.3, 0.4) is 0 Å². The van der Waals surface area contributed by atoms with Crippen molar-refractivity contribution in [1.29, 1.82) is 0 Å². The Morgan fingerprint density at radius 1 is 1.14 bits per heavy atom. The van der Waals surface area contributed by atoms with Gasteiger partial charge in [-0.3, -0.25) is 4.79 Å². The quantitative estimate of drug-likeness (QED) is 0.504. The van der Waals surface area contributed by atoms with Crippen LogP contribution in [0, 0.1) is 6.92 Å². The van der Waals surface area contributed by atoms with E-state index in [0.717, 1.165) is 35.5 Å². The van der Waals surface area contributed by atoms with Gasteiger partial charge in [-0.05, 0) is 61.2 Å². The predicted octanol–water partition coefficient (Wildman–Crippen LogP) is 3.76. The lowest BCUT2D eigenvalue weighted by Gasteiger charge is -2.13. The standard InChI is InChI=1S/C22H29BrN4O/c1-5-24-22(26-15-19-9-10-20(23)13-16(19)2)25-12-11-17-7-6-8-18(14-17)21(28)27(3)4/h6-10,13-14H,5,11-12,15H2,1-4H3,(H2,24,25,26). The molecule has 2 aromatic carbocycles. The molecule has 0 heterocycles. The summed E-state index contributed by atoms with van der Waals surface area (Å²) < 4.78 is 1.08. The molecule has 6 heteroatoms. The Kier molecular flexibility index (Phi) is 8.51. The first-order valence-corrected chi connectivity index (χ1v) is 10.3. The number of benzene rings is 2. The van der Waals surface area contributed by atoms with Crippen molar-refractivity contribution in [3.8, 4) is 0 Å². The summed E-state index contributed by atoms with van der Waals surface area (Å²) in [5.41, 5.74) is 4.26. The molecule has 150 valence electrons. The number of aliphatic imine (C=N–C) groups is 1. The zero-order valence-electron chi connectivity index (χ0n) is 17.1. The topological polar surface area (TPSA) is 56.7 Å². The third-order valence-corrected chi connectivity index (χ3v) is 4.84. The van der Waals surface area contributed by atoms with Crippen molar-refractivity contribution < 1.29 is 4.79 Å². The number of carbonyl (C=O) groups excluding carboxylic acids is 1. The highest BCUT2D eigenvalue weighted by Crippen LogP contribution is 2.16. The zero-order valence-corrected chi connectivity index (χ0v) is 18.6. The van der Waals surface area contributed by atoms with Crippen LogP contribution in [0.25, 0.3) is 0 Å². The predicted molar refractivity (Wildman–Crippen MR) is 120 cm³/mol. The number of nitrogens with one attached hydrogen (secondary N) is 2. The summed E-state index contributed by atoms with van der Waals surface area (Å²) in [6.45, 7) is 6.32. The van der Waals surface area contributed by atoms with E-state index in [-0.39, 0.29) is 5.91 Å². The molecule has 0 aromatic heterocycles. The number of nitrogens with zero attached hydrogens (tertiary/aromatic N) is 2. The highest BCUT2D eigenvalue weighted by molar-refractivity contribution is 9.10. The van der Waals surface area contributed by atoms with Crippen LogP contribution in [0.4, 0.5) is 0 Å². The number of rotatable bonds is 7. The number of guanidine groups is 1. The lowest BCUT2D eigenvalue weighted by molar-refractivity contribution is 0.0827. The molecule has 2 aromatic rings. The van der Waals surface area contributed by atoms with E-state index in [4.69, 9.17) is 4.99 Å². The lowest BCUT2D eigenvalue weighted by Crippen LogP contribution is -2.38. The molecule has 28 heavy (non-hydrogen) atoms. The van der Waals surface area contributed by atoms with Crippen LogP contribution in [0.2, 0.25) is 0 Å². The molecule has 0 aliphatic carbocycles. The zero-order chi connectivity index (χ0) is 20.5. The molecule has 2 N–H and O–H groups in total. The van der Waals surface area contributed by atoms with Gasteiger partial charge in [0.05, 0.1) is 6.54 Å². The molecule has 0 radical (unpaired) electrons. The number of amides is 1. The largest absolute Gasteiger partial charge is 0.357 e. The van der Waals surface area contributed by atoms with E-state index < -0.39 is 0 Å². The van der Waals surface area contributed by atoms with Crippen LogP contribution in [0.15, 0.2) is 51.9 Å². The van der Waals surface area contributed by atoms with Gasteiger partial charge in [0.25, 0.3) is 5.91 Å². The molecule has 0 spiro atoms.